The van der Waals surface area contributed by atoms with Gasteiger partial charge in [-0.05, 0) is 110 Å². The number of hydrogen-bond donors (Lipinski definition) is 0. The van der Waals surface area contributed by atoms with Gasteiger partial charge in [0.1, 0.15) is 17.3 Å². The van der Waals surface area contributed by atoms with Crippen molar-refractivity contribution in [3.63, 3.8) is 0 Å². The van der Waals surface area contributed by atoms with Gasteiger partial charge < -0.3 is 4.74 Å². The van der Waals surface area contributed by atoms with Gasteiger partial charge >= 0.3 is 0 Å². The van der Waals surface area contributed by atoms with Gasteiger partial charge in [0, 0.05) is 46.3 Å². The highest BCUT2D eigenvalue weighted by molar-refractivity contribution is 6.09. The van der Waals surface area contributed by atoms with Crippen molar-refractivity contribution in [3.05, 3.63) is 119 Å². The van der Waals surface area contributed by atoms with Gasteiger partial charge in [0.2, 0.25) is 0 Å². The van der Waals surface area contributed by atoms with Crippen LogP contribution in [0.5, 0.6) is 11.5 Å². The summed E-state index contributed by atoms with van der Waals surface area (Å²) in [6.07, 6.45) is 8.72. The Hall–Kier alpha value is -4.64. The normalized spacial score (nSPS) is 17.9. The number of benzene rings is 3. The Bertz CT molecular complexity index is 2230. The average Bonchev–Trinajstić information content (AvgIpc) is 3.58. The molecule has 264 valence electrons. The summed E-state index contributed by atoms with van der Waals surface area (Å²) >= 11 is 0. The van der Waals surface area contributed by atoms with E-state index >= 15 is 0 Å². The molecule has 1 unspecified atom stereocenters. The van der Waals surface area contributed by atoms with Crippen molar-refractivity contribution >= 4 is 21.8 Å². The monoisotopic (exact) mass is 678 g/mol. The molecule has 7 rings (SSSR count). The fraction of sp³-hybridized carbons (Fsp3) is 0.391. The van der Waals surface area contributed by atoms with Crippen molar-refractivity contribution in [2.75, 3.05) is 0 Å². The highest BCUT2D eigenvalue weighted by Crippen LogP contribution is 2.44. The molecule has 0 radical (unpaired) electrons. The number of aromatic nitrogens is 4. The second-order valence-corrected chi connectivity index (χ2v) is 15.9. The Morgan fingerprint density at radius 3 is 2.39 bits per heavy atom. The molecule has 0 saturated carbocycles. The number of hydrogen-bond acceptors (Lipinski definition) is 3. The van der Waals surface area contributed by atoms with E-state index in [2.05, 4.69) is 150 Å². The fourth-order valence-electron chi connectivity index (χ4n) is 8.64. The highest BCUT2D eigenvalue weighted by Gasteiger charge is 2.33. The molecule has 0 fully saturated rings. The molecule has 0 bridgehead atoms. The van der Waals surface area contributed by atoms with Crippen LogP contribution in [0.3, 0.4) is 0 Å². The van der Waals surface area contributed by atoms with Gasteiger partial charge in [0.25, 0.3) is 0 Å². The van der Waals surface area contributed by atoms with Crippen LogP contribution in [0.15, 0.2) is 90.6 Å². The summed E-state index contributed by atoms with van der Waals surface area (Å²) in [5.74, 6) is 4.96. The summed E-state index contributed by atoms with van der Waals surface area (Å²) in [6, 6.07) is 26.1. The molecule has 5 heteroatoms. The molecular weight excluding hydrogens is 625 g/mol. The summed E-state index contributed by atoms with van der Waals surface area (Å²) in [4.78, 5) is 4.85. The van der Waals surface area contributed by atoms with Crippen LogP contribution >= 0.6 is 0 Å². The maximum atomic E-state index is 6.82. The largest absolute Gasteiger partial charge is 0.457 e. The molecule has 0 aliphatic heterocycles. The Balaban J connectivity index is 1.34. The molecule has 3 aromatic heterocycles. The summed E-state index contributed by atoms with van der Waals surface area (Å²) in [7, 11) is 0. The molecule has 1 aliphatic rings. The Morgan fingerprint density at radius 1 is 0.863 bits per heavy atom. The van der Waals surface area contributed by atoms with Crippen LogP contribution in [0.25, 0.3) is 33.3 Å². The maximum absolute atomic E-state index is 6.82. The molecular formula is C46H54N4O. The lowest BCUT2D eigenvalue weighted by atomic mass is 9.72. The predicted octanol–water partition coefficient (Wildman–Crippen LogP) is 12.4. The van der Waals surface area contributed by atoms with Gasteiger partial charge in [-0.1, -0.05) is 84.7 Å². The second kappa shape index (κ2) is 14.2. The summed E-state index contributed by atoms with van der Waals surface area (Å²) in [5.41, 5.74) is 11.2. The number of fused-ring (bicyclic) bond motifs is 3. The Morgan fingerprint density at radius 2 is 1.65 bits per heavy atom. The number of rotatable bonds is 10. The van der Waals surface area contributed by atoms with E-state index in [1.165, 1.54) is 45.2 Å². The maximum Gasteiger partial charge on any atom is 0.137 e. The summed E-state index contributed by atoms with van der Waals surface area (Å²) in [6.45, 7) is 20.7. The number of allylic oxidation sites excluding steroid dienone is 2. The number of pyridine rings is 1. The minimum Gasteiger partial charge on any atom is -0.457 e. The molecule has 3 atom stereocenters. The van der Waals surface area contributed by atoms with Gasteiger partial charge in [-0.15, -0.1) is 0 Å². The van der Waals surface area contributed by atoms with Crippen LogP contribution in [0.1, 0.15) is 108 Å². The SMILES string of the molecule is CCCc1ccnc(-n2c3ccccc3c3ccc(Oc4cc(C(C)C)cc(-n5nc(C)c([C@H]6C(C)=C[C@H](C)CC6C)c5CC(C)C)c4)cc32)c1. The number of para-hydroxylation sites is 1. The van der Waals surface area contributed by atoms with E-state index in [0.717, 1.165) is 59.0 Å². The van der Waals surface area contributed by atoms with Gasteiger partial charge in [0.05, 0.1) is 22.4 Å². The van der Waals surface area contributed by atoms with Crippen molar-refractivity contribution < 1.29 is 4.74 Å². The van der Waals surface area contributed by atoms with Crippen LogP contribution in [0, 0.1) is 24.7 Å². The van der Waals surface area contributed by atoms with Crippen LogP contribution in [-0.4, -0.2) is 19.3 Å². The van der Waals surface area contributed by atoms with Crippen molar-refractivity contribution in [1.29, 1.82) is 0 Å². The number of ether oxygens (including phenoxy) is 1. The van der Waals surface area contributed by atoms with E-state index in [9.17, 15) is 0 Å². The quantitative estimate of drug-likeness (QED) is 0.135. The zero-order valence-electron chi connectivity index (χ0n) is 32.0. The van der Waals surface area contributed by atoms with E-state index in [1.807, 2.05) is 6.20 Å². The van der Waals surface area contributed by atoms with Crippen LogP contribution in [0.2, 0.25) is 0 Å². The van der Waals surface area contributed by atoms with Gasteiger partial charge in [-0.25, -0.2) is 9.67 Å². The van der Waals surface area contributed by atoms with E-state index in [1.54, 1.807) is 0 Å². The molecule has 1 aliphatic carbocycles. The minimum atomic E-state index is 0.327. The average molecular weight is 679 g/mol. The minimum absolute atomic E-state index is 0.327. The van der Waals surface area contributed by atoms with Gasteiger partial charge in [-0.2, -0.15) is 5.10 Å². The third-order valence-corrected chi connectivity index (χ3v) is 10.8. The van der Waals surface area contributed by atoms with Crippen molar-refractivity contribution in [1.82, 2.24) is 19.3 Å². The number of aryl methyl sites for hydroxylation is 2. The van der Waals surface area contributed by atoms with Crippen LogP contribution < -0.4 is 4.74 Å². The summed E-state index contributed by atoms with van der Waals surface area (Å²) in [5, 5.41) is 7.69. The third-order valence-electron chi connectivity index (χ3n) is 10.8. The molecule has 51 heavy (non-hydrogen) atoms. The van der Waals surface area contributed by atoms with Crippen LogP contribution in [-0.2, 0) is 12.8 Å². The molecule has 3 aromatic carbocycles. The number of nitrogens with zero attached hydrogens (tertiary/aromatic N) is 4. The first kappa shape index (κ1) is 34.8. The third kappa shape index (κ3) is 6.76. The van der Waals surface area contributed by atoms with Crippen LogP contribution in [0.4, 0.5) is 0 Å². The van der Waals surface area contributed by atoms with Gasteiger partial charge in [-0.3, -0.25) is 4.57 Å². The molecule has 0 N–H and O–H groups in total. The Kier molecular flexibility index (Phi) is 9.67. The first-order chi connectivity index (χ1) is 24.5. The van der Waals surface area contributed by atoms with Crippen molar-refractivity contribution in [2.45, 2.75) is 99.8 Å². The molecule has 3 heterocycles. The van der Waals surface area contributed by atoms with E-state index in [4.69, 9.17) is 14.8 Å². The first-order valence-electron chi connectivity index (χ1n) is 19.1. The van der Waals surface area contributed by atoms with Gasteiger partial charge in [0.15, 0.2) is 0 Å². The molecule has 0 amide bonds. The topological polar surface area (TPSA) is 44.9 Å². The lowest BCUT2D eigenvalue weighted by Gasteiger charge is -2.33. The molecule has 0 saturated heterocycles. The lowest BCUT2D eigenvalue weighted by molar-refractivity contribution is 0.388. The standard InChI is InChI=1S/C46H54N4O/c1-10-13-34-18-19-47-44(23-34)49-41-15-12-11-14-39(41)40-17-16-37(27-42(40)49)51-38-25-35(29(4)5)24-36(26-38)50-43(20-28(2)3)46(33(9)48-50)45-31(7)21-30(6)22-32(45)8/h11-12,14-19,21,23-30,32,45H,10,13,20,22H2,1-9H3/t30-,32?,45-/m0/s1. The van der Waals surface area contributed by atoms with Crippen molar-refractivity contribution in [3.8, 4) is 23.0 Å². The Labute approximate surface area is 304 Å². The van der Waals surface area contributed by atoms with Crippen molar-refractivity contribution in [2.24, 2.45) is 17.8 Å². The lowest BCUT2D eigenvalue weighted by Crippen LogP contribution is -2.21. The second-order valence-electron chi connectivity index (χ2n) is 15.9. The van der Waals surface area contributed by atoms with E-state index < -0.39 is 0 Å². The zero-order chi connectivity index (χ0) is 36.0. The first-order valence-corrected chi connectivity index (χ1v) is 19.1. The smallest absolute Gasteiger partial charge is 0.137 e. The summed E-state index contributed by atoms with van der Waals surface area (Å²) < 4.78 is 11.3. The highest BCUT2D eigenvalue weighted by atomic mass is 16.5. The fourth-order valence-corrected chi connectivity index (χ4v) is 8.64. The van der Waals surface area contributed by atoms with E-state index in [0.29, 0.717) is 29.6 Å². The molecule has 6 aromatic rings. The zero-order valence-corrected chi connectivity index (χ0v) is 32.0. The molecule has 5 nitrogen and oxygen atoms in total. The van der Waals surface area contributed by atoms with E-state index in [-0.39, 0.29) is 0 Å². The predicted molar refractivity (Wildman–Crippen MR) is 213 cm³/mol. The molecule has 0 spiro atoms.